The summed E-state index contributed by atoms with van der Waals surface area (Å²) in [4.78, 5) is 15.6. The highest BCUT2D eigenvalue weighted by molar-refractivity contribution is 7.09. The molecular weight excluding hydrogens is 268 g/mol. The highest BCUT2D eigenvalue weighted by Crippen LogP contribution is 2.20. The van der Waals surface area contributed by atoms with Crippen molar-refractivity contribution in [2.75, 3.05) is 19.6 Å². The maximum Gasteiger partial charge on any atom is 0.226 e. The average Bonchev–Trinajstić information content (AvgIpc) is 2.75. The molecule has 0 aromatic carbocycles. The van der Waals surface area contributed by atoms with Crippen molar-refractivity contribution < 1.29 is 4.79 Å². The highest BCUT2D eigenvalue weighted by atomic mass is 35.5. The lowest BCUT2D eigenvalue weighted by atomic mass is 9.88. The lowest BCUT2D eigenvalue weighted by molar-refractivity contribution is -0.137. The minimum Gasteiger partial charge on any atom is -0.338 e. The summed E-state index contributed by atoms with van der Waals surface area (Å²) >= 11 is 1.72. The summed E-state index contributed by atoms with van der Waals surface area (Å²) in [6.45, 7) is 7.65. The Labute approximate surface area is 119 Å². The Balaban J connectivity index is 0.00000162. The van der Waals surface area contributed by atoms with E-state index < -0.39 is 0 Å². The average molecular weight is 289 g/mol. The van der Waals surface area contributed by atoms with Gasteiger partial charge in [0.1, 0.15) is 0 Å². The zero-order valence-corrected chi connectivity index (χ0v) is 12.5. The number of rotatable bonds is 5. The molecule has 5 heteroatoms. The second-order valence-corrected chi connectivity index (χ2v) is 5.67. The molecule has 1 aliphatic heterocycles. The smallest absolute Gasteiger partial charge is 0.226 e. The molecule has 0 spiro atoms. The first-order valence-electron chi connectivity index (χ1n) is 6.24. The van der Waals surface area contributed by atoms with Crippen LogP contribution in [0.25, 0.3) is 0 Å². The fourth-order valence-electron chi connectivity index (χ4n) is 2.09. The molecule has 2 heterocycles. The van der Waals surface area contributed by atoms with Crippen LogP contribution in [-0.2, 0) is 11.3 Å². The van der Waals surface area contributed by atoms with Gasteiger partial charge in [0.2, 0.25) is 5.91 Å². The van der Waals surface area contributed by atoms with Gasteiger partial charge in [-0.1, -0.05) is 13.0 Å². The van der Waals surface area contributed by atoms with E-state index in [-0.39, 0.29) is 18.3 Å². The summed E-state index contributed by atoms with van der Waals surface area (Å²) < 4.78 is 0. The van der Waals surface area contributed by atoms with Crippen LogP contribution in [0, 0.1) is 11.8 Å². The largest absolute Gasteiger partial charge is 0.338 e. The first-order valence-corrected chi connectivity index (χ1v) is 7.12. The first-order chi connectivity index (χ1) is 8.22. The van der Waals surface area contributed by atoms with Gasteiger partial charge in [-0.15, -0.1) is 23.7 Å². The predicted molar refractivity (Wildman–Crippen MR) is 78.2 cm³/mol. The molecule has 1 unspecified atom stereocenters. The molecule has 0 bridgehead atoms. The van der Waals surface area contributed by atoms with E-state index >= 15 is 0 Å². The van der Waals surface area contributed by atoms with Crippen molar-refractivity contribution in [1.29, 1.82) is 0 Å². The van der Waals surface area contributed by atoms with Crippen LogP contribution < -0.4 is 5.32 Å². The fourth-order valence-corrected chi connectivity index (χ4v) is 2.81. The molecular formula is C13H21ClN2OS. The summed E-state index contributed by atoms with van der Waals surface area (Å²) in [5.74, 6) is 0.975. The molecule has 1 fully saturated rings. The number of nitrogens with one attached hydrogen (secondary N) is 1. The molecule has 1 amide bonds. The third-order valence-corrected chi connectivity index (χ3v) is 4.39. The van der Waals surface area contributed by atoms with Crippen LogP contribution in [0.4, 0.5) is 0 Å². The molecule has 102 valence electrons. The van der Waals surface area contributed by atoms with Gasteiger partial charge in [0.05, 0.1) is 6.54 Å². The standard InChI is InChI=1S/C13H20N2OS.ClH/c1-3-15(9-12-5-4-6-17-12)13(16)10(2)11-7-14-8-11;/h4-6,10-11,14H,3,7-9H2,1-2H3;1H. The topological polar surface area (TPSA) is 32.3 Å². The van der Waals surface area contributed by atoms with E-state index in [9.17, 15) is 4.79 Å². The van der Waals surface area contributed by atoms with E-state index in [1.54, 1.807) is 11.3 Å². The van der Waals surface area contributed by atoms with Crippen molar-refractivity contribution in [3.05, 3.63) is 22.4 Å². The third kappa shape index (κ3) is 3.46. The predicted octanol–water partition coefficient (Wildman–Crippen LogP) is 2.37. The van der Waals surface area contributed by atoms with Gasteiger partial charge < -0.3 is 10.2 Å². The van der Waals surface area contributed by atoms with Crippen molar-refractivity contribution in [1.82, 2.24) is 10.2 Å². The van der Waals surface area contributed by atoms with Gasteiger partial charge in [-0.2, -0.15) is 0 Å². The Kier molecular flexibility index (Phi) is 6.12. The van der Waals surface area contributed by atoms with Crippen LogP contribution in [0.1, 0.15) is 18.7 Å². The first kappa shape index (κ1) is 15.5. The summed E-state index contributed by atoms with van der Waals surface area (Å²) in [5.41, 5.74) is 0. The quantitative estimate of drug-likeness (QED) is 0.902. The number of carbonyl (C=O) groups excluding carboxylic acids is 1. The number of nitrogens with zero attached hydrogens (tertiary/aromatic N) is 1. The number of carbonyl (C=O) groups is 1. The second kappa shape index (κ2) is 7.12. The molecule has 1 saturated heterocycles. The molecule has 0 radical (unpaired) electrons. The van der Waals surface area contributed by atoms with Gasteiger partial charge in [-0.3, -0.25) is 4.79 Å². The minimum atomic E-state index is 0. The Bertz CT molecular complexity index is 365. The minimum absolute atomic E-state index is 0. The van der Waals surface area contributed by atoms with Gasteiger partial charge in [-0.05, 0) is 37.4 Å². The summed E-state index contributed by atoms with van der Waals surface area (Å²) in [6, 6.07) is 4.13. The van der Waals surface area contributed by atoms with E-state index in [4.69, 9.17) is 0 Å². The second-order valence-electron chi connectivity index (χ2n) is 4.64. The normalized spacial score (nSPS) is 16.6. The molecule has 2 rings (SSSR count). The van der Waals surface area contributed by atoms with Crippen molar-refractivity contribution in [2.24, 2.45) is 11.8 Å². The summed E-state index contributed by atoms with van der Waals surface area (Å²) in [6.07, 6.45) is 0. The molecule has 1 N–H and O–H groups in total. The van der Waals surface area contributed by atoms with Crippen LogP contribution >= 0.6 is 23.7 Å². The van der Waals surface area contributed by atoms with Gasteiger partial charge in [0, 0.05) is 17.3 Å². The van der Waals surface area contributed by atoms with E-state index in [0.717, 1.165) is 26.2 Å². The molecule has 18 heavy (non-hydrogen) atoms. The lowest BCUT2D eigenvalue weighted by Crippen LogP contribution is -2.50. The Hall–Kier alpha value is -0.580. The van der Waals surface area contributed by atoms with Crippen LogP contribution in [-0.4, -0.2) is 30.4 Å². The number of amides is 1. The van der Waals surface area contributed by atoms with Crippen LogP contribution in [0.2, 0.25) is 0 Å². The van der Waals surface area contributed by atoms with Crippen molar-refractivity contribution >= 4 is 29.7 Å². The lowest BCUT2D eigenvalue weighted by Gasteiger charge is -2.34. The zero-order chi connectivity index (χ0) is 12.3. The monoisotopic (exact) mass is 288 g/mol. The van der Waals surface area contributed by atoms with Gasteiger partial charge in [0.15, 0.2) is 0 Å². The van der Waals surface area contributed by atoms with Gasteiger partial charge in [0.25, 0.3) is 0 Å². The summed E-state index contributed by atoms with van der Waals surface area (Å²) in [7, 11) is 0. The SMILES string of the molecule is CCN(Cc1cccs1)C(=O)C(C)C1CNC1.Cl. The molecule has 1 atom stereocenters. The Morgan fingerprint density at radius 3 is 2.78 bits per heavy atom. The molecule has 1 aromatic heterocycles. The number of thiophene rings is 1. The fraction of sp³-hybridized carbons (Fsp3) is 0.615. The van der Waals surface area contributed by atoms with Gasteiger partial charge in [-0.25, -0.2) is 0 Å². The maximum atomic E-state index is 12.3. The third-order valence-electron chi connectivity index (χ3n) is 3.53. The number of hydrogen-bond donors (Lipinski definition) is 1. The van der Waals surface area contributed by atoms with Gasteiger partial charge >= 0.3 is 0 Å². The number of halogens is 1. The van der Waals surface area contributed by atoms with E-state index in [1.807, 2.05) is 11.0 Å². The van der Waals surface area contributed by atoms with Crippen molar-refractivity contribution in [3.8, 4) is 0 Å². The maximum absolute atomic E-state index is 12.3. The number of hydrogen-bond acceptors (Lipinski definition) is 3. The van der Waals surface area contributed by atoms with Crippen molar-refractivity contribution in [3.63, 3.8) is 0 Å². The Morgan fingerprint density at radius 1 is 1.61 bits per heavy atom. The van der Waals surface area contributed by atoms with Crippen LogP contribution in [0.5, 0.6) is 0 Å². The molecule has 1 aromatic rings. The van der Waals surface area contributed by atoms with E-state index in [0.29, 0.717) is 11.8 Å². The van der Waals surface area contributed by atoms with Crippen LogP contribution in [0.3, 0.4) is 0 Å². The molecule has 0 aliphatic carbocycles. The zero-order valence-electron chi connectivity index (χ0n) is 10.9. The molecule has 3 nitrogen and oxygen atoms in total. The molecule has 1 aliphatic rings. The summed E-state index contributed by atoms with van der Waals surface area (Å²) in [5, 5.41) is 5.29. The van der Waals surface area contributed by atoms with E-state index in [2.05, 4.69) is 30.6 Å². The van der Waals surface area contributed by atoms with Crippen LogP contribution in [0.15, 0.2) is 17.5 Å². The highest BCUT2D eigenvalue weighted by Gasteiger charge is 2.31. The van der Waals surface area contributed by atoms with E-state index in [1.165, 1.54) is 4.88 Å². The Morgan fingerprint density at radius 2 is 2.33 bits per heavy atom. The molecule has 0 saturated carbocycles. The van der Waals surface area contributed by atoms with Crippen molar-refractivity contribution in [2.45, 2.75) is 20.4 Å².